The molecule has 0 amide bonds. The van der Waals surface area contributed by atoms with Gasteiger partial charge in [0.15, 0.2) is 0 Å². The van der Waals surface area contributed by atoms with Gasteiger partial charge in [-0.2, -0.15) is 0 Å². The minimum absolute atomic E-state index is 0.167. The Bertz CT molecular complexity index is 2110. The topological polar surface area (TPSA) is 68.2 Å². The van der Waals surface area contributed by atoms with Crippen LogP contribution in [0.15, 0.2) is 126 Å². The molecule has 6 aromatic rings. The summed E-state index contributed by atoms with van der Waals surface area (Å²) in [5.41, 5.74) is 1.83. The highest BCUT2D eigenvalue weighted by molar-refractivity contribution is 14.1. The number of hydrogen-bond acceptors (Lipinski definition) is 5. The van der Waals surface area contributed by atoms with Crippen LogP contribution in [-0.4, -0.2) is 38.5 Å². The van der Waals surface area contributed by atoms with Crippen LogP contribution in [0, 0.1) is 32.7 Å². The molecule has 0 radical (unpaired) electrons. The molecule has 0 aromatic heterocycles. The summed E-state index contributed by atoms with van der Waals surface area (Å²) in [6.07, 6.45) is 0. The number of rotatable bonds is 6. The number of benzene rings is 6. The SMILES string of the molecule is COc1cc(-c2cccc(F)c2)c(F)cc1I.COc1ccc(Cl)c(Br)c1.COc1ccc(F)c(-c2cccc(F)c2)c1.OB(O)c1cccc(F)c1. The Balaban J connectivity index is 0.000000196. The summed E-state index contributed by atoms with van der Waals surface area (Å²) in [5, 5.41) is 17.8. The van der Waals surface area contributed by atoms with Gasteiger partial charge in [-0.3, -0.25) is 0 Å². The van der Waals surface area contributed by atoms with Gasteiger partial charge in [0, 0.05) is 15.6 Å². The van der Waals surface area contributed by atoms with E-state index in [2.05, 4.69) is 15.9 Å². The minimum Gasteiger partial charge on any atom is -0.497 e. The molecule has 0 saturated carbocycles. The molecule has 2 N–H and O–H groups in total. The third-order valence-electron chi connectivity index (χ3n) is 6.96. The van der Waals surface area contributed by atoms with E-state index in [9.17, 15) is 22.0 Å². The predicted molar refractivity (Wildman–Crippen MR) is 211 cm³/mol. The largest absolute Gasteiger partial charge is 0.497 e. The Labute approximate surface area is 331 Å². The quantitative estimate of drug-likeness (QED) is 0.0990. The zero-order valence-corrected chi connectivity index (χ0v) is 32.8. The molecule has 0 aliphatic rings. The van der Waals surface area contributed by atoms with Crippen LogP contribution < -0.4 is 19.7 Å². The van der Waals surface area contributed by atoms with Gasteiger partial charge >= 0.3 is 7.12 Å². The van der Waals surface area contributed by atoms with Crippen molar-refractivity contribution in [2.45, 2.75) is 0 Å². The highest BCUT2D eigenvalue weighted by Gasteiger charge is 2.12. The van der Waals surface area contributed by atoms with Crippen molar-refractivity contribution in [3.05, 3.63) is 163 Å². The molecule has 0 aliphatic carbocycles. The summed E-state index contributed by atoms with van der Waals surface area (Å²) < 4.78 is 82.4. The van der Waals surface area contributed by atoms with Crippen molar-refractivity contribution in [2.75, 3.05) is 21.3 Å². The van der Waals surface area contributed by atoms with Gasteiger partial charge in [0.05, 0.1) is 29.9 Å². The van der Waals surface area contributed by atoms with Gasteiger partial charge in [-0.25, -0.2) is 22.0 Å². The van der Waals surface area contributed by atoms with E-state index in [1.54, 1.807) is 49.6 Å². The molecule has 276 valence electrons. The number of hydrogen-bond donors (Lipinski definition) is 2. The first kappa shape index (κ1) is 43.3. The van der Waals surface area contributed by atoms with E-state index >= 15 is 0 Å². The van der Waals surface area contributed by atoms with E-state index in [0.29, 0.717) is 42.3 Å². The van der Waals surface area contributed by atoms with Crippen LogP contribution in [0.25, 0.3) is 22.3 Å². The molecule has 6 rings (SSSR count). The maximum Gasteiger partial charge on any atom is 0.488 e. The molecule has 14 heteroatoms. The first-order chi connectivity index (χ1) is 25.3. The third kappa shape index (κ3) is 13.7. The highest BCUT2D eigenvalue weighted by Crippen LogP contribution is 2.32. The van der Waals surface area contributed by atoms with Crippen molar-refractivity contribution >= 4 is 62.7 Å². The molecule has 0 spiro atoms. The van der Waals surface area contributed by atoms with Crippen LogP contribution in [0.5, 0.6) is 17.2 Å². The second-order valence-electron chi connectivity index (χ2n) is 10.5. The fourth-order valence-corrected chi connectivity index (χ4v) is 5.47. The maximum atomic E-state index is 13.8. The molecular formula is C39H31BBrClF5IO5. The lowest BCUT2D eigenvalue weighted by Gasteiger charge is -2.08. The molecular weight excluding hydrogens is 896 g/mol. The maximum absolute atomic E-state index is 13.8. The number of halogens is 8. The van der Waals surface area contributed by atoms with E-state index in [-0.39, 0.29) is 22.9 Å². The molecule has 0 aliphatic heterocycles. The molecule has 0 saturated heterocycles. The molecule has 0 heterocycles. The molecule has 0 fully saturated rings. The van der Waals surface area contributed by atoms with Gasteiger partial charge in [0.1, 0.15) is 46.3 Å². The minimum atomic E-state index is -1.59. The Kier molecular flexibility index (Phi) is 17.6. The number of ether oxygens (including phenoxy) is 3. The lowest BCUT2D eigenvalue weighted by atomic mass is 9.80. The first-order valence-corrected chi connectivity index (χ1v) is 17.5. The highest BCUT2D eigenvalue weighted by atomic mass is 127. The van der Waals surface area contributed by atoms with Crippen molar-refractivity contribution in [2.24, 2.45) is 0 Å². The molecule has 0 unspecified atom stereocenters. The Morgan fingerprint density at radius 2 is 1.09 bits per heavy atom. The second kappa shape index (κ2) is 21.5. The summed E-state index contributed by atoms with van der Waals surface area (Å²) in [6.45, 7) is 0. The van der Waals surface area contributed by atoms with Gasteiger partial charge in [-0.15, -0.1) is 0 Å². The number of methoxy groups -OCH3 is 3. The average molecular weight is 928 g/mol. The smallest absolute Gasteiger partial charge is 0.488 e. The lowest BCUT2D eigenvalue weighted by Crippen LogP contribution is -2.29. The Hall–Kier alpha value is -4.15. The third-order valence-corrected chi connectivity index (χ3v) is 9.02. The van der Waals surface area contributed by atoms with Crippen LogP contribution in [0.4, 0.5) is 22.0 Å². The average Bonchev–Trinajstić information content (AvgIpc) is 3.14. The zero-order chi connectivity index (χ0) is 39.1. The summed E-state index contributed by atoms with van der Waals surface area (Å²) in [7, 11) is 3.05. The first-order valence-electron chi connectivity index (χ1n) is 15.2. The van der Waals surface area contributed by atoms with Crippen molar-refractivity contribution in [3.8, 4) is 39.5 Å². The standard InChI is InChI=1S/C13H9F2IO.C13H10F2O.C7H6BrClO.C6H6BFO2/c1-17-13-6-10(11(15)7-12(13)16)8-3-2-4-9(14)5-8;1-16-11-5-6-13(15)12(8-11)9-3-2-4-10(14)7-9;1-10-5-2-3-7(9)6(8)4-5;8-6-3-1-2-5(4-6)7(9)10/h2-7H,1H3;2-8H,1H3;2-4H,1H3;1-4,9-10H. The van der Waals surface area contributed by atoms with Crippen LogP contribution in [-0.2, 0) is 0 Å². The van der Waals surface area contributed by atoms with E-state index in [1.165, 1.54) is 74.9 Å². The van der Waals surface area contributed by atoms with E-state index in [0.717, 1.165) is 16.3 Å². The fourth-order valence-electron chi connectivity index (χ4n) is 4.34. The lowest BCUT2D eigenvalue weighted by molar-refractivity contribution is 0.411. The van der Waals surface area contributed by atoms with Crippen molar-refractivity contribution in [3.63, 3.8) is 0 Å². The Morgan fingerprint density at radius 3 is 1.57 bits per heavy atom. The van der Waals surface area contributed by atoms with Crippen LogP contribution >= 0.6 is 50.1 Å². The Morgan fingerprint density at radius 1 is 0.585 bits per heavy atom. The second-order valence-corrected chi connectivity index (χ2v) is 13.0. The van der Waals surface area contributed by atoms with E-state index in [4.69, 9.17) is 35.9 Å². The summed E-state index contributed by atoms with van der Waals surface area (Å²) in [5.74, 6) is -0.111. The zero-order valence-electron chi connectivity index (χ0n) is 28.3. The molecule has 5 nitrogen and oxygen atoms in total. The van der Waals surface area contributed by atoms with Crippen LogP contribution in [0.1, 0.15) is 0 Å². The predicted octanol–water partition coefficient (Wildman–Crippen LogP) is 10.5. The normalized spacial score (nSPS) is 9.98. The van der Waals surface area contributed by atoms with Crippen LogP contribution in [0.3, 0.4) is 0 Å². The molecule has 0 atom stereocenters. The van der Waals surface area contributed by atoms with E-state index < -0.39 is 18.8 Å². The molecule has 53 heavy (non-hydrogen) atoms. The van der Waals surface area contributed by atoms with Gasteiger partial charge in [-0.1, -0.05) is 48.0 Å². The van der Waals surface area contributed by atoms with Gasteiger partial charge in [0.2, 0.25) is 0 Å². The fraction of sp³-hybridized carbons (Fsp3) is 0.0769. The van der Waals surface area contributed by atoms with Crippen molar-refractivity contribution in [1.82, 2.24) is 0 Å². The monoisotopic (exact) mass is 926 g/mol. The summed E-state index contributed by atoms with van der Waals surface area (Å²) >= 11 is 11.0. The van der Waals surface area contributed by atoms with Crippen molar-refractivity contribution < 1.29 is 46.2 Å². The molecule has 6 aromatic carbocycles. The summed E-state index contributed by atoms with van der Waals surface area (Å²) in [6, 6.07) is 29.6. The van der Waals surface area contributed by atoms with Crippen molar-refractivity contribution in [1.29, 1.82) is 0 Å². The van der Waals surface area contributed by atoms with Crippen LogP contribution in [0.2, 0.25) is 5.02 Å². The van der Waals surface area contributed by atoms with Gasteiger partial charge < -0.3 is 24.3 Å². The summed E-state index contributed by atoms with van der Waals surface area (Å²) in [4.78, 5) is 0. The van der Waals surface area contributed by atoms with Gasteiger partial charge in [0.25, 0.3) is 0 Å². The van der Waals surface area contributed by atoms with Gasteiger partial charge in [-0.05, 0) is 140 Å². The van der Waals surface area contributed by atoms with E-state index in [1.807, 2.05) is 34.7 Å². The molecule has 0 bridgehead atoms.